The van der Waals surface area contributed by atoms with E-state index in [9.17, 15) is 9.18 Å². The Hall–Kier alpha value is -1.87. The quantitative estimate of drug-likeness (QED) is 0.780. The number of ether oxygens (including phenoxy) is 1. The molecule has 0 bridgehead atoms. The Morgan fingerprint density at radius 2 is 1.95 bits per heavy atom. The minimum atomic E-state index is -0.594. The van der Waals surface area contributed by atoms with Crippen LogP contribution >= 0.6 is 11.6 Å². The first kappa shape index (κ1) is 14.5. The molecule has 0 heterocycles. The molecule has 0 aromatic heterocycles. The van der Waals surface area contributed by atoms with Gasteiger partial charge in [0.2, 0.25) is 0 Å². The maximum Gasteiger partial charge on any atom is 0.199 e. The van der Waals surface area contributed by atoms with Crippen molar-refractivity contribution < 1.29 is 13.9 Å². The predicted octanol–water partition coefficient (Wildman–Crippen LogP) is 4.42. The van der Waals surface area contributed by atoms with E-state index in [0.29, 0.717) is 22.9 Å². The van der Waals surface area contributed by atoms with Gasteiger partial charge in [0.25, 0.3) is 0 Å². The van der Waals surface area contributed by atoms with E-state index >= 15 is 0 Å². The van der Waals surface area contributed by atoms with E-state index in [1.54, 1.807) is 12.1 Å². The zero-order valence-corrected chi connectivity index (χ0v) is 12.0. The lowest BCUT2D eigenvalue weighted by molar-refractivity contribution is 0.103. The summed E-state index contributed by atoms with van der Waals surface area (Å²) in [7, 11) is 0. The lowest BCUT2D eigenvalue weighted by atomic mass is 10.00. The molecule has 0 saturated heterocycles. The molecule has 0 atom stereocenters. The SMILES string of the molecule is CCOc1ccc(C)cc1C(=O)c1cc(Cl)ccc1F. The van der Waals surface area contributed by atoms with Crippen molar-refractivity contribution in [1.82, 2.24) is 0 Å². The smallest absolute Gasteiger partial charge is 0.199 e. The maximum atomic E-state index is 13.8. The molecule has 2 nitrogen and oxygen atoms in total. The monoisotopic (exact) mass is 292 g/mol. The molecule has 2 aromatic rings. The third-order valence-electron chi connectivity index (χ3n) is 2.85. The van der Waals surface area contributed by atoms with Crippen molar-refractivity contribution in [1.29, 1.82) is 0 Å². The van der Waals surface area contributed by atoms with Crippen LogP contribution < -0.4 is 4.74 Å². The Balaban J connectivity index is 2.52. The lowest BCUT2D eigenvalue weighted by Crippen LogP contribution is -2.08. The Morgan fingerprint density at radius 1 is 1.20 bits per heavy atom. The fraction of sp³-hybridized carbons (Fsp3) is 0.188. The molecule has 0 saturated carbocycles. The van der Waals surface area contributed by atoms with Crippen molar-refractivity contribution in [2.24, 2.45) is 0 Å². The summed E-state index contributed by atoms with van der Waals surface area (Å²) < 4.78 is 19.2. The van der Waals surface area contributed by atoms with Crippen molar-refractivity contribution in [2.45, 2.75) is 13.8 Å². The van der Waals surface area contributed by atoms with Gasteiger partial charge in [-0.15, -0.1) is 0 Å². The number of carbonyl (C=O) groups excluding carboxylic acids is 1. The normalized spacial score (nSPS) is 10.4. The van der Waals surface area contributed by atoms with Gasteiger partial charge in [0.1, 0.15) is 11.6 Å². The second kappa shape index (κ2) is 6.06. The number of halogens is 2. The molecule has 0 unspecified atom stereocenters. The Morgan fingerprint density at radius 3 is 2.65 bits per heavy atom. The van der Waals surface area contributed by atoms with Crippen molar-refractivity contribution in [3.05, 3.63) is 63.9 Å². The zero-order chi connectivity index (χ0) is 14.7. The van der Waals surface area contributed by atoms with Gasteiger partial charge in [-0.1, -0.05) is 23.2 Å². The molecule has 0 aliphatic rings. The molecular weight excluding hydrogens is 279 g/mol. The molecule has 0 spiro atoms. The Labute approximate surface area is 122 Å². The summed E-state index contributed by atoms with van der Waals surface area (Å²) in [5, 5.41) is 0.320. The topological polar surface area (TPSA) is 26.3 Å². The minimum absolute atomic E-state index is 0.0518. The van der Waals surface area contributed by atoms with Crippen LogP contribution in [0, 0.1) is 12.7 Å². The Bertz CT molecular complexity index is 653. The minimum Gasteiger partial charge on any atom is -0.493 e. The number of benzene rings is 2. The van der Waals surface area contributed by atoms with Gasteiger partial charge in [0.15, 0.2) is 5.78 Å². The van der Waals surface area contributed by atoms with E-state index in [1.807, 2.05) is 19.9 Å². The number of aryl methyl sites for hydroxylation is 1. The highest BCUT2D eigenvalue weighted by Crippen LogP contribution is 2.25. The van der Waals surface area contributed by atoms with E-state index in [2.05, 4.69) is 0 Å². The third-order valence-corrected chi connectivity index (χ3v) is 3.09. The molecule has 0 fully saturated rings. The first-order valence-electron chi connectivity index (χ1n) is 6.26. The van der Waals surface area contributed by atoms with Crippen LogP contribution in [0.4, 0.5) is 4.39 Å². The highest BCUT2D eigenvalue weighted by molar-refractivity contribution is 6.31. The highest BCUT2D eigenvalue weighted by Gasteiger charge is 2.18. The van der Waals surface area contributed by atoms with Crippen LogP contribution in [-0.2, 0) is 0 Å². The first-order valence-corrected chi connectivity index (χ1v) is 6.64. The molecule has 0 amide bonds. The highest BCUT2D eigenvalue weighted by atomic mass is 35.5. The van der Waals surface area contributed by atoms with Crippen LogP contribution in [0.25, 0.3) is 0 Å². The fourth-order valence-electron chi connectivity index (χ4n) is 1.92. The van der Waals surface area contributed by atoms with Crippen LogP contribution in [0.5, 0.6) is 5.75 Å². The average molecular weight is 293 g/mol. The first-order chi connectivity index (χ1) is 9.52. The lowest BCUT2D eigenvalue weighted by Gasteiger charge is -2.11. The summed E-state index contributed by atoms with van der Waals surface area (Å²) in [6.07, 6.45) is 0. The summed E-state index contributed by atoms with van der Waals surface area (Å²) in [4.78, 5) is 12.5. The standard InChI is InChI=1S/C16H14ClFO2/c1-3-20-15-7-4-10(2)8-13(15)16(19)12-9-11(17)5-6-14(12)18/h4-9H,3H2,1-2H3. The molecule has 0 N–H and O–H groups in total. The predicted molar refractivity (Wildman–Crippen MR) is 77.2 cm³/mol. The summed E-state index contributed by atoms with van der Waals surface area (Å²) in [5.74, 6) is -0.581. The molecule has 0 aliphatic heterocycles. The molecule has 2 rings (SSSR count). The van der Waals surface area contributed by atoms with E-state index in [0.717, 1.165) is 5.56 Å². The van der Waals surface area contributed by atoms with Gasteiger partial charge >= 0.3 is 0 Å². The van der Waals surface area contributed by atoms with Gasteiger partial charge in [-0.25, -0.2) is 4.39 Å². The molecular formula is C16H14ClFO2. The number of hydrogen-bond donors (Lipinski definition) is 0. The van der Waals surface area contributed by atoms with Crippen LogP contribution in [0.15, 0.2) is 36.4 Å². The molecule has 20 heavy (non-hydrogen) atoms. The number of ketones is 1. The average Bonchev–Trinajstić information content (AvgIpc) is 2.43. The van der Waals surface area contributed by atoms with Gasteiger partial charge in [-0.3, -0.25) is 4.79 Å². The van der Waals surface area contributed by atoms with Crippen molar-refractivity contribution in [3.63, 3.8) is 0 Å². The van der Waals surface area contributed by atoms with Gasteiger partial charge in [0.05, 0.1) is 17.7 Å². The largest absolute Gasteiger partial charge is 0.493 e. The molecule has 2 aromatic carbocycles. The van der Waals surface area contributed by atoms with Gasteiger partial charge < -0.3 is 4.74 Å². The van der Waals surface area contributed by atoms with E-state index in [1.165, 1.54) is 18.2 Å². The van der Waals surface area contributed by atoms with Gasteiger partial charge in [-0.05, 0) is 44.2 Å². The van der Waals surface area contributed by atoms with Crippen molar-refractivity contribution >= 4 is 17.4 Å². The fourth-order valence-corrected chi connectivity index (χ4v) is 2.09. The number of carbonyl (C=O) groups is 1. The molecule has 0 aliphatic carbocycles. The van der Waals surface area contributed by atoms with Crippen molar-refractivity contribution in [3.8, 4) is 5.75 Å². The zero-order valence-electron chi connectivity index (χ0n) is 11.2. The van der Waals surface area contributed by atoms with Gasteiger partial charge in [0, 0.05) is 5.02 Å². The summed E-state index contributed by atoms with van der Waals surface area (Å²) in [6.45, 7) is 4.12. The van der Waals surface area contributed by atoms with Crippen LogP contribution in [0.1, 0.15) is 28.4 Å². The van der Waals surface area contributed by atoms with Crippen LogP contribution in [0.2, 0.25) is 5.02 Å². The van der Waals surface area contributed by atoms with Gasteiger partial charge in [-0.2, -0.15) is 0 Å². The van der Waals surface area contributed by atoms with Crippen LogP contribution in [-0.4, -0.2) is 12.4 Å². The molecule has 4 heteroatoms. The molecule has 0 radical (unpaired) electrons. The third kappa shape index (κ3) is 2.99. The summed E-state index contributed by atoms with van der Waals surface area (Å²) >= 11 is 5.83. The second-order valence-corrected chi connectivity index (χ2v) is 4.82. The summed E-state index contributed by atoms with van der Waals surface area (Å²) in [6, 6.07) is 9.18. The van der Waals surface area contributed by atoms with Crippen LogP contribution in [0.3, 0.4) is 0 Å². The second-order valence-electron chi connectivity index (χ2n) is 4.39. The van der Waals surface area contributed by atoms with E-state index < -0.39 is 11.6 Å². The number of hydrogen-bond acceptors (Lipinski definition) is 2. The Kier molecular flexibility index (Phi) is 4.40. The summed E-state index contributed by atoms with van der Waals surface area (Å²) in [5.41, 5.74) is 1.19. The molecule has 104 valence electrons. The van der Waals surface area contributed by atoms with E-state index in [4.69, 9.17) is 16.3 Å². The maximum absolute atomic E-state index is 13.8. The van der Waals surface area contributed by atoms with E-state index in [-0.39, 0.29) is 5.56 Å². The number of rotatable bonds is 4. The van der Waals surface area contributed by atoms with Crippen molar-refractivity contribution in [2.75, 3.05) is 6.61 Å².